The van der Waals surface area contributed by atoms with Gasteiger partial charge in [-0.25, -0.2) is 0 Å². The van der Waals surface area contributed by atoms with Gasteiger partial charge in [0.2, 0.25) is 11.8 Å². The zero-order chi connectivity index (χ0) is 7.98. The van der Waals surface area contributed by atoms with Crippen molar-refractivity contribution in [3.8, 4) is 0 Å². The molecule has 0 atom stereocenters. The van der Waals surface area contributed by atoms with E-state index in [1.54, 1.807) is 0 Å². The fourth-order valence-corrected chi connectivity index (χ4v) is 0.508. The van der Waals surface area contributed by atoms with Crippen molar-refractivity contribution in [2.24, 2.45) is 0 Å². The van der Waals surface area contributed by atoms with Gasteiger partial charge in [-0.3, -0.25) is 14.9 Å². The predicted octanol–water partition coefficient (Wildman–Crippen LogP) is -0.372. The van der Waals surface area contributed by atoms with Crippen LogP contribution >= 0.6 is 0 Å². The van der Waals surface area contributed by atoms with E-state index in [9.17, 15) is 9.59 Å². The Hall–Kier alpha value is -1.19. The molecule has 0 bridgehead atoms. The quantitative estimate of drug-likeness (QED) is 0.371. The largest absolute Gasteiger partial charge is 0.304 e. The van der Waals surface area contributed by atoms with E-state index in [4.69, 9.17) is 4.79 Å². The van der Waals surface area contributed by atoms with Crippen LogP contribution in [-0.2, 0) is 14.4 Å². The smallest absolute Gasteiger partial charge is 0.227 e. The van der Waals surface area contributed by atoms with Crippen molar-refractivity contribution in [1.29, 1.82) is 0 Å². The van der Waals surface area contributed by atoms with E-state index in [-0.39, 0.29) is 11.8 Å². The number of carbonyl (C=O) groups excluding carboxylic acids is 3. The molecule has 56 valence electrons. The summed E-state index contributed by atoms with van der Waals surface area (Å²) in [6, 6.07) is 0. The molecular weight excluding hydrogens is 134 g/mol. The van der Waals surface area contributed by atoms with Gasteiger partial charge in [-0.2, -0.15) is 0 Å². The normalized spacial score (nSPS) is 15.3. The minimum absolute atomic E-state index is 0.148. The average molecular weight is 143 g/mol. The van der Waals surface area contributed by atoms with Crippen molar-refractivity contribution < 1.29 is 14.4 Å². The van der Waals surface area contributed by atoms with E-state index in [0.717, 1.165) is 6.29 Å². The summed E-state index contributed by atoms with van der Waals surface area (Å²) in [5, 5.41) is 2.14. The number of rotatable bonds is 0. The molecular formula is C6H9NO3. The van der Waals surface area contributed by atoms with Crippen LogP contribution < -0.4 is 5.32 Å². The molecule has 0 saturated carbocycles. The van der Waals surface area contributed by atoms with Gasteiger partial charge in [0, 0.05) is 12.8 Å². The molecule has 1 saturated heterocycles. The monoisotopic (exact) mass is 143 g/mol. The molecule has 1 rings (SSSR count). The summed E-state index contributed by atoms with van der Waals surface area (Å²) in [4.78, 5) is 29.0. The summed E-state index contributed by atoms with van der Waals surface area (Å²) in [6.45, 7) is 1.44. The van der Waals surface area contributed by atoms with Crippen LogP contribution in [-0.4, -0.2) is 18.1 Å². The van der Waals surface area contributed by atoms with E-state index in [1.807, 2.05) is 0 Å². The van der Waals surface area contributed by atoms with Crippen LogP contribution in [0.2, 0.25) is 0 Å². The van der Waals surface area contributed by atoms with Crippen molar-refractivity contribution >= 4 is 18.1 Å². The third-order valence-electron chi connectivity index (χ3n) is 0.858. The van der Waals surface area contributed by atoms with Crippen LogP contribution in [0.4, 0.5) is 0 Å². The van der Waals surface area contributed by atoms with Crippen LogP contribution in [0.15, 0.2) is 0 Å². The first-order valence-electron chi connectivity index (χ1n) is 2.93. The second kappa shape index (κ2) is 4.67. The molecule has 1 aliphatic rings. The molecule has 0 aromatic rings. The van der Waals surface area contributed by atoms with Gasteiger partial charge in [-0.05, 0) is 6.92 Å². The Morgan fingerprint density at radius 2 is 1.60 bits per heavy atom. The second-order valence-electron chi connectivity index (χ2n) is 1.71. The van der Waals surface area contributed by atoms with Crippen LogP contribution in [0.5, 0.6) is 0 Å². The van der Waals surface area contributed by atoms with Crippen LogP contribution in [0.1, 0.15) is 19.8 Å². The predicted molar refractivity (Wildman–Crippen MR) is 34.1 cm³/mol. The van der Waals surface area contributed by atoms with Crippen molar-refractivity contribution in [3.05, 3.63) is 0 Å². The van der Waals surface area contributed by atoms with Crippen molar-refractivity contribution in [3.63, 3.8) is 0 Å². The molecule has 1 N–H and O–H groups in total. The molecule has 4 nitrogen and oxygen atoms in total. The minimum atomic E-state index is -0.148. The van der Waals surface area contributed by atoms with Crippen molar-refractivity contribution in [2.45, 2.75) is 19.8 Å². The van der Waals surface area contributed by atoms with Crippen molar-refractivity contribution in [1.82, 2.24) is 5.32 Å². The Balaban J connectivity index is 0.000000236. The molecule has 0 aromatic heterocycles. The Morgan fingerprint density at radius 1 is 1.30 bits per heavy atom. The molecule has 1 fully saturated rings. The maximum atomic E-state index is 10.1. The lowest BCUT2D eigenvalue weighted by molar-refractivity contribution is -0.124. The van der Waals surface area contributed by atoms with E-state index in [0.29, 0.717) is 12.8 Å². The SMILES string of the molecule is CC=O.O=C1CCC(=O)N1. The zero-order valence-electron chi connectivity index (χ0n) is 5.72. The molecule has 0 aromatic carbocycles. The van der Waals surface area contributed by atoms with Crippen LogP contribution in [0.25, 0.3) is 0 Å². The summed E-state index contributed by atoms with van der Waals surface area (Å²) in [5.74, 6) is -0.296. The topological polar surface area (TPSA) is 63.2 Å². The van der Waals surface area contributed by atoms with Gasteiger partial charge in [0.05, 0.1) is 0 Å². The number of hydrogen-bond donors (Lipinski definition) is 1. The summed E-state index contributed by atoms with van der Waals surface area (Å²) in [5.41, 5.74) is 0. The highest BCUT2D eigenvalue weighted by molar-refractivity contribution is 6.01. The molecule has 10 heavy (non-hydrogen) atoms. The first-order valence-corrected chi connectivity index (χ1v) is 2.93. The number of hydrogen-bond acceptors (Lipinski definition) is 3. The van der Waals surface area contributed by atoms with Gasteiger partial charge in [-0.1, -0.05) is 0 Å². The third-order valence-corrected chi connectivity index (χ3v) is 0.858. The van der Waals surface area contributed by atoms with E-state index >= 15 is 0 Å². The number of amides is 2. The second-order valence-corrected chi connectivity index (χ2v) is 1.71. The first-order chi connectivity index (χ1) is 4.70. The molecule has 0 radical (unpaired) electrons. The van der Waals surface area contributed by atoms with Gasteiger partial charge >= 0.3 is 0 Å². The van der Waals surface area contributed by atoms with Crippen LogP contribution in [0, 0.1) is 0 Å². The molecule has 1 aliphatic heterocycles. The minimum Gasteiger partial charge on any atom is -0.304 e. The third kappa shape index (κ3) is 3.77. The Kier molecular flexibility index (Phi) is 4.11. The highest BCUT2D eigenvalue weighted by atomic mass is 16.2. The zero-order valence-corrected chi connectivity index (χ0v) is 5.72. The Labute approximate surface area is 58.6 Å². The Morgan fingerprint density at radius 3 is 1.70 bits per heavy atom. The molecule has 1 heterocycles. The van der Waals surface area contributed by atoms with Gasteiger partial charge in [-0.15, -0.1) is 0 Å². The van der Waals surface area contributed by atoms with Crippen LogP contribution in [0.3, 0.4) is 0 Å². The van der Waals surface area contributed by atoms with Crippen molar-refractivity contribution in [2.75, 3.05) is 0 Å². The lowest BCUT2D eigenvalue weighted by atomic mass is 10.4. The van der Waals surface area contributed by atoms with Gasteiger partial charge in [0.25, 0.3) is 0 Å². The van der Waals surface area contributed by atoms with Gasteiger partial charge in [0.15, 0.2) is 0 Å². The standard InChI is InChI=1S/C4H5NO2.C2H4O/c6-3-1-2-4(7)5-3;1-2-3/h1-2H2,(H,5,6,7);2H,1H3. The fraction of sp³-hybridized carbons (Fsp3) is 0.500. The molecule has 0 unspecified atom stereocenters. The van der Waals surface area contributed by atoms with E-state index in [2.05, 4.69) is 5.32 Å². The summed E-state index contributed by atoms with van der Waals surface area (Å²) >= 11 is 0. The maximum Gasteiger partial charge on any atom is 0.227 e. The number of imide groups is 1. The van der Waals surface area contributed by atoms with Gasteiger partial charge < -0.3 is 4.79 Å². The number of aldehydes is 1. The molecule has 4 heteroatoms. The Bertz CT molecular complexity index is 139. The molecule has 2 amide bonds. The number of nitrogens with one attached hydrogen (secondary N) is 1. The first kappa shape index (κ1) is 8.81. The van der Waals surface area contributed by atoms with E-state index in [1.165, 1.54) is 6.92 Å². The lowest BCUT2D eigenvalue weighted by Crippen LogP contribution is -2.18. The highest BCUT2D eigenvalue weighted by Crippen LogP contribution is 1.95. The summed E-state index contributed by atoms with van der Waals surface area (Å²) in [7, 11) is 0. The number of carbonyl (C=O) groups is 3. The maximum absolute atomic E-state index is 10.1. The average Bonchev–Trinajstić information content (AvgIpc) is 2.17. The fourth-order valence-electron chi connectivity index (χ4n) is 0.508. The highest BCUT2D eigenvalue weighted by Gasteiger charge is 2.15. The lowest BCUT2D eigenvalue weighted by Gasteiger charge is -1.79. The summed E-state index contributed by atoms with van der Waals surface area (Å²) in [6.07, 6.45) is 1.50. The molecule has 0 spiro atoms. The molecule has 0 aliphatic carbocycles. The van der Waals surface area contributed by atoms with E-state index < -0.39 is 0 Å². The van der Waals surface area contributed by atoms with Gasteiger partial charge in [0.1, 0.15) is 6.29 Å². The summed E-state index contributed by atoms with van der Waals surface area (Å²) < 4.78 is 0.